The van der Waals surface area contributed by atoms with E-state index in [1.807, 2.05) is 6.07 Å². The van der Waals surface area contributed by atoms with Crippen molar-refractivity contribution < 1.29 is 14.3 Å². The maximum Gasteiger partial charge on any atom is 0.307 e. The number of benzene rings is 1. The predicted octanol–water partition coefficient (Wildman–Crippen LogP) is 1.79. The van der Waals surface area contributed by atoms with Gasteiger partial charge in [0.25, 0.3) is 0 Å². The van der Waals surface area contributed by atoms with Crippen molar-refractivity contribution in [2.75, 3.05) is 18.6 Å². The molecule has 0 N–H and O–H groups in total. The number of nitrogens with zero attached hydrogens (tertiary/aromatic N) is 1. The average Bonchev–Trinajstić information content (AvgIpc) is 2.61. The molecule has 1 amide bonds. The van der Waals surface area contributed by atoms with Gasteiger partial charge >= 0.3 is 5.97 Å². The Morgan fingerprint density at radius 3 is 3.00 bits per heavy atom. The van der Waals surface area contributed by atoms with Gasteiger partial charge < -0.3 is 9.64 Å². The van der Waals surface area contributed by atoms with Crippen molar-refractivity contribution in [2.24, 2.45) is 0 Å². The highest BCUT2D eigenvalue weighted by Gasteiger charge is 2.27. The Hall–Kier alpha value is -1.55. The highest BCUT2D eigenvalue weighted by atomic mass is 35.5. The Morgan fingerprint density at radius 1 is 1.53 bits per heavy atom. The Balaban J connectivity index is 2.16. The number of halogens is 1. The van der Waals surface area contributed by atoms with Crippen molar-refractivity contribution in [3.63, 3.8) is 0 Å². The smallest absolute Gasteiger partial charge is 0.307 e. The molecule has 2 rings (SSSR count). The van der Waals surface area contributed by atoms with Crippen LogP contribution in [-0.4, -0.2) is 25.5 Å². The second-order valence-corrected chi connectivity index (χ2v) is 4.26. The quantitative estimate of drug-likeness (QED) is 0.772. The third-order valence-electron chi connectivity index (χ3n) is 2.75. The summed E-state index contributed by atoms with van der Waals surface area (Å²) in [6.45, 7) is 0.332. The highest BCUT2D eigenvalue weighted by Crippen LogP contribution is 2.31. The first kappa shape index (κ1) is 11.9. The molecule has 17 heavy (non-hydrogen) atoms. The van der Waals surface area contributed by atoms with E-state index >= 15 is 0 Å². The molecule has 4 nitrogen and oxygen atoms in total. The monoisotopic (exact) mass is 253 g/mol. The molecule has 0 saturated carbocycles. The number of methoxy groups -OCH3 is 1. The minimum absolute atomic E-state index is 0.00818. The predicted molar refractivity (Wildman–Crippen MR) is 64.1 cm³/mol. The van der Waals surface area contributed by atoms with Crippen LogP contribution in [0.25, 0.3) is 0 Å². The van der Waals surface area contributed by atoms with Crippen LogP contribution in [0, 0.1) is 0 Å². The molecule has 0 atom stereocenters. The van der Waals surface area contributed by atoms with Crippen molar-refractivity contribution in [3.05, 3.63) is 28.8 Å². The number of fused-ring (bicyclic) bond motifs is 1. The van der Waals surface area contributed by atoms with Crippen LogP contribution in [0.4, 0.5) is 5.69 Å². The summed E-state index contributed by atoms with van der Waals surface area (Å²) in [5.74, 6) is -0.334. The lowest BCUT2D eigenvalue weighted by molar-refractivity contribution is -0.140. The molecule has 1 aliphatic rings. The van der Waals surface area contributed by atoms with Crippen molar-refractivity contribution in [3.8, 4) is 0 Å². The first-order valence-corrected chi connectivity index (χ1v) is 5.65. The SMILES string of the molecule is COC(=O)CCN1C(=O)Cc2ccc(Cl)cc21. The second-order valence-electron chi connectivity index (χ2n) is 3.82. The maximum absolute atomic E-state index is 11.8. The minimum Gasteiger partial charge on any atom is -0.469 e. The summed E-state index contributed by atoms with van der Waals surface area (Å²) in [6.07, 6.45) is 0.557. The third kappa shape index (κ3) is 2.42. The fraction of sp³-hybridized carbons (Fsp3) is 0.333. The Morgan fingerprint density at radius 2 is 2.29 bits per heavy atom. The molecule has 0 saturated heterocycles. The van der Waals surface area contributed by atoms with E-state index in [4.69, 9.17) is 11.6 Å². The summed E-state index contributed by atoms with van der Waals surface area (Å²) in [6, 6.07) is 5.35. The molecule has 0 aromatic heterocycles. The van der Waals surface area contributed by atoms with Gasteiger partial charge in [-0.05, 0) is 17.7 Å². The van der Waals surface area contributed by atoms with Gasteiger partial charge in [0.05, 0.1) is 20.0 Å². The van der Waals surface area contributed by atoms with Crippen LogP contribution in [0.2, 0.25) is 5.02 Å². The minimum atomic E-state index is -0.326. The summed E-state index contributed by atoms with van der Waals surface area (Å²) >= 11 is 5.90. The lowest BCUT2D eigenvalue weighted by Gasteiger charge is -2.16. The first-order chi connectivity index (χ1) is 8.11. The van der Waals surface area contributed by atoms with E-state index in [0.717, 1.165) is 11.3 Å². The standard InChI is InChI=1S/C12H12ClNO3/c1-17-12(16)4-5-14-10-7-9(13)3-2-8(10)6-11(14)15/h2-3,7H,4-6H2,1H3. The molecule has 1 heterocycles. The zero-order chi connectivity index (χ0) is 12.4. The van der Waals surface area contributed by atoms with Gasteiger partial charge in [-0.25, -0.2) is 0 Å². The van der Waals surface area contributed by atoms with E-state index in [1.165, 1.54) is 7.11 Å². The number of ether oxygens (including phenoxy) is 1. The highest BCUT2D eigenvalue weighted by molar-refractivity contribution is 6.31. The Kier molecular flexibility index (Phi) is 3.33. The van der Waals surface area contributed by atoms with Gasteiger partial charge in [-0.1, -0.05) is 17.7 Å². The van der Waals surface area contributed by atoms with Crippen molar-refractivity contribution in [1.29, 1.82) is 0 Å². The van der Waals surface area contributed by atoms with Crippen LogP contribution in [0.15, 0.2) is 18.2 Å². The zero-order valence-corrected chi connectivity index (χ0v) is 10.2. The number of hydrogen-bond donors (Lipinski definition) is 0. The number of hydrogen-bond acceptors (Lipinski definition) is 3. The fourth-order valence-electron chi connectivity index (χ4n) is 1.88. The lowest BCUT2D eigenvalue weighted by atomic mass is 10.2. The number of carbonyl (C=O) groups is 2. The molecule has 0 spiro atoms. The number of amides is 1. The van der Waals surface area contributed by atoms with Gasteiger partial charge in [-0.2, -0.15) is 0 Å². The summed E-state index contributed by atoms with van der Waals surface area (Å²) < 4.78 is 4.55. The van der Waals surface area contributed by atoms with E-state index in [0.29, 0.717) is 18.0 Å². The van der Waals surface area contributed by atoms with Crippen molar-refractivity contribution in [1.82, 2.24) is 0 Å². The van der Waals surface area contributed by atoms with Crippen LogP contribution in [0.5, 0.6) is 0 Å². The van der Waals surface area contributed by atoms with Crippen LogP contribution < -0.4 is 4.90 Å². The molecule has 1 aliphatic heterocycles. The van der Waals surface area contributed by atoms with E-state index in [9.17, 15) is 9.59 Å². The van der Waals surface area contributed by atoms with Crippen molar-refractivity contribution in [2.45, 2.75) is 12.8 Å². The van der Waals surface area contributed by atoms with Crippen LogP contribution in [0.3, 0.4) is 0 Å². The molecule has 0 bridgehead atoms. The van der Waals surface area contributed by atoms with E-state index in [1.54, 1.807) is 17.0 Å². The molecule has 0 unspecified atom stereocenters. The van der Waals surface area contributed by atoms with Crippen LogP contribution in [0.1, 0.15) is 12.0 Å². The van der Waals surface area contributed by atoms with E-state index < -0.39 is 0 Å². The number of esters is 1. The van der Waals surface area contributed by atoms with Crippen molar-refractivity contribution >= 4 is 29.2 Å². The van der Waals surface area contributed by atoms with Gasteiger partial charge in [0.15, 0.2) is 0 Å². The fourth-order valence-corrected chi connectivity index (χ4v) is 2.05. The first-order valence-electron chi connectivity index (χ1n) is 5.27. The molecule has 0 radical (unpaired) electrons. The lowest BCUT2D eigenvalue weighted by Crippen LogP contribution is -2.29. The molecular formula is C12H12ClNO3. The molecule has 1 aromatic rings. The second kappa shape index (κ2) is 4.75. The topological polar surface area (TPSA) is 46.6 Å². The largest absolute Gasteiger partial charge is 0.469 e. The van der Waals surface area contributed by atoms with Gasteiger partial charge in [-0.15, -0.1) is 0 Å². The van der Waals surface area contributed by atoms with Gasteiger partial charge in [0.1, 0.15) is 0 Å². The number of anilines is 1. The maximum atomic E-state index is 11.8. The number of rotatable bonds is 3. The molecule has 0 fully saturated rings. The summed E-state index contributed by atoms with van der Waals surface area (Å²) in [5.41, 5.74) is 1.75. The van der Waals surface area contributed by atoms with Crippen LogP contribution >= 0.6 is 11.6 Å². The molecular weight excluding hydrogens is 242 g/mol. The Bertz CT molecular complexity index is 473. The number of carbonyl (C=O) groups excluding carboxylic acids is 2. The third-order valence-corrected chi connectivity index (χ3v) is 2.98. The summed E-state index contributed by atoms with van der Waals surface area (Å²) in [4.78, 5) is 24.4. The van der Waals surface area contributed by atoms with E-state index in [-0.39, 0.29) is 18.3 Å². The van der Waals surface area contributed by atoms with Gasteiger partial charge in [-0.3, -0.25) is 9.59 Å². The van der Waals surface area contributed by atoms with Gasteiger partial charge in [0, 0.05) is 17.3 Å². The Labute approximate surface area is 104 Å². The molecule has 5 heteroatoms. The normalized spacial score (nSPS) is 13.8. The van der Waals surface area contributed by atoms with Gasteiger partial charge in [0.2, 0.25) is 5.91 Å². The average molecular weight is 254 g/mol. The molecule has 90 valence electrons. The summed E-state index contributed by atoms with van der Waals surface area (Å²) in [7, 11) is 1.33. The van der Waals surface area contributed by atoms with Crippen LogP contribution in [-0.2, 0) is 20.7 Å². The molecule has 1 aromatic carbocycles. The summed E-state index contributed by atoms with van der Waals surface area (Å²) in [5, 5.41) is 0.585. The zero-order valence-electron chi connectivity index (χ0n) is 9.40. The van der Waals surface area contributed by atoms with E-state index in [2.05, 4.69) is 4.74 Å². The molecule has 0 aliphatic carbocycles.